The summed E-state index contributed by atoms with van der Waals surface area (Å²) >= 11 is 0. The number of carbonyl (C=O) groups excluding carboxylic acids is 2. The number of amides is 2. The molecular formula is C10H19N2O4-. The largest absolute Gasteiger partial charge is 0.548 e. The normalized spacial score (nSPS) is 12.2. The van der Waals surface area contributed by atoms with Gasteiger partial charge >= 0.3 is 6.03 Å². The SMILES string of the molecule is COCCNC(=O)N[C@@H](CC(C)C)C(=O)[O-]. The number of carbonyl (C=O) groups is 2. The second kappa shape index (κ2) is 7.92. The molecule has 0 aliphatic heterocycles. The lowest BCUT2D eigenvalue weighted by Crippen LogP contribution is -2.51. The van der Waals surface area contributed by atoms with E-state index in [0.29, 0.717) is 19.6 Å². The second-order valence-electron chi connectivity index (χ2n) is 3.89. The number of rotatable bonds is 7. The van der Waals surface area contributed by atoms with E-state index in [9.17, 15) is 14.7 Å². The molecule has 0 saturated heterocycles. The van der Waals surface area contributed by atoms with E-state index in [1.807, 2.05) is 13.8 Å². The van der Waals surface area contributed by atoms with E-state index in [2.05, 4.69) is 10.6 Å². The Hall–Kier alpha value is -1.30. The van der Waals surface area contributed by atoms with Gasteiger partial charge in [-0.1, -0.05) is 13.8 Å². The number of methoxy groups -OCH3 is 1. The van der Waals surface area contributed by atoms with Crippen molar-refractivity contribution < 1.29 is 19.4 Å². The van der Waals surface area contributed by atoms with Crippen LogP contribution in [0.5, 0.6) is 0 Å². The Morgan fingerprint density at radius 2 is 2.00 bits per heavy atom. The van der Waals surface area contributed by atoms with Crippen LogP contribution in [0.1, 0.15) is 20.3 Å². The summed E-state index contributed by atoms with van der Waals surface area (Å²) in [6, 6.07) is -1.48. The Morgan fingerprint density at radius 3 is 2.44 bits per heavy atom. The summed E-state index contributed by atoms with van der Waals surface area (Å²) in [6.45, 7) is 4.47. The third-order valence-corrected chi connectivity index (χ3v) is 1.89. The second-order valence-corrected chi connectivity index (χ2v) is 3.89. The molecule has 0 fully saturated rings. The molecule has 0 aliphatic rings. The summed E-state index contributed by atoms with van der Waals surface area (Å²) < 4.78 is 4.74. The molecule has 0 saturated carbocycles. The molecule has 6 heteroatoms. The van der Waals surface area contributed by atoms with Gasteiger partial charge in [-0.2, -0.15) is 0 Å². The van der Waals surface area contributed by atoms with Crippen molar-refractivity contribution in [2.24, 2.45) is 5.92 Å². The van der Waals surface area contributed by atoms with E-state index >= 15 is 0 Å². The lowest BCUT2D eigenvalue weighted by Gasteiger charge is -2.21. The number of carboxylic acids is 1. The van der Waals surface area contributed by atoms with Gasteiger partial charge in [0.05, 0.1) is 18.6 Å². The minimum absolute atomic E-state index is 0.169. The van der Waals surface area contributed by atoms with Crippen molar-refractivity contribution in [1.29, 1.82) is 0 Å². The number of aliphatic carboxylic acids is 1. The standard InChI is InChI=1S/C10H20N2O4/c1-7(2)6-8(9(13)14)12-10(15)11-4-5-16-3/h7-8H,4-6H2,1-3H3,(H,13,14)(H2,11,12,15)/p-1/t8-/m0/s1. The lowest BCUT2D eigenvalue weighted by atomic mass is 10.0. The topological polar surface area (TPSA) is 90.5 Å². The Balaban J connectivity index is 3.98. The quantitative estimate of drug-likeness (QED) is 0.555. The number of hydrogen-bond acceptors (Lipinski definition) is 4. The zero-order valence-corrected chi connectivity index (χ0v) is 9.91. The van der Waals surface area contributed by atoms with E-state index in [0.717, 1.165) is 0 Å². The Morgan fingerprint density at radius 1 is 1.38 bits per heavy atom. The molecule has 94 valence electrons. The van der Waals surface area contributed by atoms with Crippen LogP contribution < -0.4 is 15.7 Å². The Kier molecular flexibility index (Phi) is 7.28. The molecule has 0 aliphatic carbocycles. The molecule has 0 unspecified atom stereocenters. The molecule has 2 amide bonds. The van der Waals surface area contributed by atoms with Crippen LogP contribution in [0.15, 0.2) is 0 Å². The average molecular weight is 231 g/mol. The molecule has 0 aromatic rings. The fourth-order valence-corrected chi connectivity index (χ4v) is 1.16. The molecule has 0 aromatic carbocycles. The van der Waals surface area contributed by atoms with Gasteiger partial charge in [0.25, 0.3) is 0 Å². The molecule has 0 heterocycles. The maximum Gasteiger partial charge on any atom is 0.315 e. The van der Waals surface area contributed by atoms with Crippen molar-refractivity contribution in [1.82, 2.24) is 10.6 Å². The number of hydrogen-bond donors (Lipinski definition) is 2. The number of nitrogens with one attached hydrogen (secondary N) is 2. The molecule has 0 radical (unpaired) electrons. The Bertz CT molecular complexity index is 231. The molecule has 0 bridgehead atoms. The van der Waals surface area contributed by atoms with E-state index in [1.54, 1.807) is 0 Å². The van der Waals surface area contributed by atoms with Crippen LogP contribution in [0.2, 0.25) is 0 Å². The number of ether oxygens (including phenoxy) is 1. The summed E-state index contributed by atoms with van der Waals surface area (Å²) in [5.41, 5.74) is 0. The van der Waals surface area contributed by atoms with Crippen molar-refractivity contribution >= 4 is 12.0 Å². The van der Waals surface area contributed by atoms with Gasteiger partial charge in [-0.05, 0) is 12.3 Å². The van der Waals surface area contributed by atoms with Gasteiger partial charge < -0.3 is 25.3 Å². The van der Waals surface area contributed by atoms with Crippen molar-refractivity contribution in [2.45, 2.75) is 26.3 Å². The van der Waals surface area contributed by atoms with E-state index in [4.69, 9.17) is 4.74 Å². The van der Waals surface area contributed by atoms with E-state index in [1.165, 1.54) is 7.11 Å². The fraction of sp³-hybridized carbons (Fsp3) is 0.800. The fourth-order valence-electron chi connectivity index (χ4n) is 1.16. The van der Waals surface area contributed by atoms with Gasteiger partial charge in [0.1, 0.15) is 0 Å². The van der Waals surface area contributed by atoms with Crippen molar-refractivity contribution in [3.63, 3.8) is 0 Å². The van der Waals surface area contributed by atoms with Gasteiger partial charge in [-0.15, -0.1) is 0 Å². The van der Waals surface area contributed by atoms with E-state index in [-0.39, 0.29) is 5.92 Å². The van der Waals surface area contributed by atoms with Crippen molar-refractivity contribution in [2.75, 3.05) is 20.3 Å². The predicted molar refractivity (Wildman–Crippen MR) is 56.7 cm³/mol. The van der Waals surface area contributed by atoms with Crippen LogP contribution in [-0.4, -0.2) is 38.3 Å². The highest BCUT2D eigenvalue weighted by molar-refractivity contribution is 5.81. The van der Waals surface area contributed by atoms with Crippen LogP contribution in [0.4, 0.5) is 4.79 Å². The van der Waals surface area contributed by atoms with Crippen molar-refractivity contribution in [3.8, 4) is 0 Å². The number of urea groups is 1. The zero-order chi connectivity index (χ0) is 12.6. The van der Waals surface area contributed by atoms with Crippen LogP contribution in [0, 0.1) is 5.92 Å². The smallest absolute Gasteiger partial charge is 0.315 e. The van der Waals surface area contributed by atoms with Gasteiger partial charge in [0.15, 0.2) is 0 Å². The van der Waals surface area contributed by atoms with Crippen LogP contribution in [0.3, 0.4) is 0 Å². The zero-order valence-electron chi connectivity index (χ0n) is 9.91. The van der Waals surface area contributed by atoms with Crippen LogP contribution >= 0.6 is 0 Å². The van der Waals surface area contributed by atoms with Crippen LogP contribution in [0.25, 0.3) is 0 Å². The summed E-state index contributed by atoms with van der Waals surface area (Å²) in [6.07, 6.45) is 0.347. The highest BCUT2D eigenvalue weighted by Crippen LogP contribution is 2.03. The third kappa shape index (κ3) is 7.05. The van der Waals surface area contributed by atoms with Crippen molar-refractivity contribution in [3.05, 3.63) is 0 Å². The molecule has 0 rings (SSSR count). The third-order valence-electron chi connectivity index (χ3n) is 1.89. The molecule has 0 spiro atoms. The molecule has 1 atom stereocenters. The molecule has 16 heavy (non-hydrogen) atoms. The summed E-state index contributed by atoms with van der Waals surface area (Å²) in [5, 5.41) is 15.5. The van der Waals surface area contributed by atoms with Gasteiger partial charge in [0.2, 0.25) is 0 Å². The van der Waals surface area contributed by atoms with Gasteiger partial charge in [-0.25, -0.2) is 4.79 Å². The molecule has 6 nitrogen and oxygen atoms in total. The first-order chi connectivity index (χ1) is 7.47. The highest BCUT2D eigenvalue weighted by Gasteiger charge is 2.14. The van der Waals surface area contributed by atoms with E-state index < -0.39 is 18.0 Å². The monoisotopic (exact) mass is 231 g/mol. The first-order valence-electron chi connectivity index (χ1n) is 5.21. The number of carboxylic acid groups (broad SMARTS) is 1. The summed E-state index contributed by atoms with van der Waals surface area (Å²) in [7, 11) is 1.52. The first-order valence-corrected chi connectivity index (χ1v) is 5.21. The average Bonchev–Trinajstić information content (AvgIpc) is 2.16. The predicted octanol–water partition coefficient (Wildman–Crippen LogP) is -0.903. The maximum absolute atomic E-state index is 11.2. The highest BCUT2D eigenvalue weighted by atomic mass is 16.5. The molecular weight excluding hydrogens is 212 g/mol. The minimum atomic E-state index is -1.27. The molecule has 0 aromatic heterocycles. The maximum atomic E-state index is 11.2. The lowest BCUT2D eigenvalue weighted by molar-refractivity contribution is -0.308. The van der Waals surface area contributed by atoms with Gasteiger partial charge in [0, 0.05) is 13.7 Å². The Labute approximate surface area is 95.4 Å². The van der Waals surface area contributed by atoms with Crippen LogP contribution in [-0.2, 0) is 9.53 Å². The minimum Gasteiger partial charge on any atom is -0.548 e. The van der Waals surface area contributed by atoms with Gasteiger partial charge in [-0.3, -0.25) is 0 Å². The molecule has 2 N–H and O–H groups in total. The summed E-state index contributed by atoms with van der Waals surface area (Å²) in [4.78, 5) is 22.0. The summed E-state index contributed by atoms with van der Waals surface area (Å²) in [5.74, 6) is -1.10. The first kappa shape index (κ1) is 14.7.